The molecule has 1 aliphatic heterocycles. The summed E-state index contributed by atoms with van der Waals surface area (Å²) in [4.78, 5) is 26.0. The van der Waals surface area contributed by atoms with E-state index in [-0.39, 0.29) is 22.1 Å². The van der Waals surface area contributed by atoms with E-state index in [4.69, 9.17) is 9.15 Å². The van der Waals surface area contributed by atoms with Crippen LogP contribution in [0, 0.1) is 0 Å². The second kappa shape index (κ2) is 7.92. The van der Waals surface area contributed by atoms with E-state index >= 15 is 0 Å². The molecule has 156 valence electrons. The van der Waals surface area contributed by atoms with Crippen molar-refractivity contribution in [2.75, 3.05) is 31.0 Å². The van der Waals surface area contributed by atoms with Gasteiger partial charge in [-0.2, -0.15) is 0 Å². The molecule has 1 saturated heterocycles. The molecule has 0 atom stereocenters. The van der Waals surface area contributed by atoms with Gasteiger partial charge in [-0.05, 0) is 31.2 Å². The van der Waals surface area contributed by atoms with Gasteiger partial charge in [0.2, 0.25) is 5.76 Å². The Labute approximate surface area is 173 Å². The summed E-state index contributed by atoms with van der Waals surface area (Å²) in [6, 6.07) is 12.4. The number of carbonyl (C=O) groups is 2. The molecule has 0 saturated carbocycles. The summed E-state index contributed by atoms with van der Waals surface area (Å²) >= 11 is 0. The van der Waals surface area contributed by atoms with Crippen molar-refractivity contribution in [2.24, 2.45) is 0 Å². The van der Waals surface area contributed by atoms with Gasteiger partial charge in [0.05, 0.1) is 18.1 Å². The molecule has 0 bridgehead atoms. The van der Waals surface area contributed by atoms with E-state index in [1.54, 1.807) is 29.2 Å². The number of para-hydroxylation sites is 1. The molecule has 1 amide bonds. The number of morpholine rings is 1. The number of fused-ring (bicyclic) bond motifs is 1. The van der Waals surface area contributed by atoms with E-state index in [0.717, 1.165) is 0 Å². The molecule has 1 N–H and O–H groups in total. The van der Waals surface area contributed by atoms with Gasteiger partial charge in [-0.1, -0.05) is 24.3 Å². The van der Waals surface area contributed by atoms with Gasteiger partial charge in [0.1, 0.15) is 11.3 Å². The lowest BCUT2D eigenvalue weighted by Crippen LogP contribution is -2.40. The van der Waals surface area contributed by atoms with E-state index in [2.05, 4.69) is 4.72 Å². The summed E-state index contributed by atoms with van der Waals surface area (Å²) < 4.78 is 39.5. The monoisotopic (exact) mass is 428 g/mol. The maximum Gasteiger partial charge on any atom is 0.291 e. The summed E-state index contributed by atoms with van der Waals surface area (Å²) in [5, 5.41) is 0.484. The molecular weight excluding hydrogens is 408 g/mol. The van der Waals surface area contributed by atoms with Crippen LogP contribution in [0.25, 0.3) is 11.0 Å². The molecule has 0 unspecified atom stereocenters. The van der Waals surface area contributed by atoms with E-state index in [9.17, 15) is 18.0 Å². The molecule has 3 aromatic rings. The maximum atomic E-state index is 13.0. The highest BCUT2D eigenvalue weighted by molar-refractivity contribution is 7.92. The lowest BCUT2D eigenvalue weighted by Gasteiger charge is -2.26. The minimum absolute atomic E-state index is 0.0254. The summed E-state index contributed by atoms with van der Waals surface area (Å²) in [6.07, 6.45) is 0. The van der Waals surface area contributed by atoms with Crippen LogP contribution in [0.1, 0.15) is 27.8 Å². The number of benzene rings is 2. The Balaban J connectivity index is 1.73. The van der Waals surface area contributed by atoms with Crippen LogP contribution in [0.2, 0.25) is 0 Å². The highest BCUT2D eigenvalue weighted by atomic mass is 32.2. The minimum atomic E-state index is -4.02. The Hall–Kier alpha value is -3.17. The predicted octanol–water partition coefficient (Wildman–Crippen LogP) is 2.91. The molecule has 8 nitrogen and oxygen atoms in total. The Bertz CT molecular complexity index is 1210. The van der Waals surface area contributed by atoms with E-state index < -0.39 is 15.9 Å². The summed E-state index contributed by atoms with van der Waals surface area (Å²) in [7, 11) is -4.02. The third-order valence-electron chi connectivity index (χ3n) is 4.90. The van der Waals surface area contributed by atoms with Crippen molar-refractivity contribution in [2.45, 2.75) is 11.8 Å². The van der Waals surface area contributed by atoms with Gasteiger partial charge in [-0.3, -0.25) is 14.3 Å². The van der Waals surface area contributed by atoms with Gasteiger partial charge >= 0.3 is 0 Å². The molecule has 0 aliphatic carbocycles. The van der Waals surface area contributed by atoms with Crippen molar-refractivity contribution in [1.29, 1.82) is 0 Å². The second-order valence-corrected chi connectivity index (χ2v) is 8.58. The first-order valence-corrected chi connectivity index (χ1v) is 10.9. The van der Waals surface area contributed by atoms with Crippen LogP contribution in [-0.2, 0) is 14.8 Å². The van der Waals surface area contributed by atoms with Crippen LogP contribution < -0.4 is 4.72 Å². The Kier molecular flexibility index (Phi) is 5.31. The van der Waals surface area contributed by atoms with Crippen LogP contribution in [0.5, 0.6) is 0 Å². The van der Waals surface area contributed by atoms with Gasteiger partial charge in [-0.15, -0.1) is 0 Å². The van der Waals surface area contributed by atoms with Crippen LogP contribution >= 0.6 is 0 Å². The van der Waals surface area contributed by atoms with Crippen molar-refractivity contribution in [3.63, 3.8) is 0 Å². The topological polar surface area (TPSA) is 106 Å². The molecular formula is C21H20N2O6S. The lowest BCUT2D eigenvalue weighted by molar-refractivity contribution is 0.0285. The first kappa shape index (κ1) is 20.1. The fourth-order valence-electron chi connectivity index (χ4n) is 3.27. The number of ether oxygens (including phenoxy) is 1. The first-order chi connectivity index (χ1) is 14.4. The smallest absolute Gasteiger partial charge is 0.291 e. The quantitative estimate of drug-likeness (QED) is 0.627. The zero-order valence-corrected chi connectivity index (χ0v) is 17.1. The number of hydrogen-bond acceptors (Lipinski definition) is 6. The van der Waals surface area contributed by atoms with Crippen molar-refractivity contribution in [3.05, 3.63) is 59.9 Å². The standard InChI is InChI=1S/C21H20N2O6S/c1-14(24)15-6-8-16(9-7-15)30(26,27)22-19-17-4-2-3-5-18(17)29-20(19)21(25)23-10-12-28-13-11-23/h2-9,22H,10-13H2,1H3. The van der Waals surface area contributed by atoms with Gasteiger partial charge in [-0.25, -0.2) is 8.42 Å². The van der Waals surface area contributed by atoms with Gasteiger partial charge in [0, 0.05) is 24.0 Å². The molecule has 9 heteroatoms. The Morgan fingerprint density at radius 1 is 1.00 bits per heavy atom. The molecule has 0 spiro atoms. The van der Waals surface area contributed by atoms with Crippen LogP contribution in [0.15, 0.2) is 57.8 Å². The molecule has 0 radical (unpaired) electrons. The third kappa shape index (κ3) is 3.81. The number of hydrogen-bond donors (Lipinski definition) is 1. The van der Waals surface area contributed by atoms with Crippen molar-refractivity contribution in [3.8, 4) is 0 Å². The Morgan fingerprint density at radius 3 is 2.33 bits per heavy atom. The number of sulfonamides is 1. The van der Waals surface area contributed by atoms with Crippen LogP contribution in [0.3, 0.4) is 0 Å². The van der Waals surface area contributed by atoms with E-state index in [0.29, 0.717) is 42.8 Å². The predicted molar refractivity (Wildman–Crippen MR) is 110 cm³/mol. The number of Topliss-reactive ketones (excluding diaryl/α,β-unsaturated/α-hetero) is 1. The highest BCUT2D eigenvalue weighted by Crippen LogP contribution is 2.33. The molecule has 2 heterocycles. The summed E-state index contributed by atoms with van der Waals surface area (Å²) in [5.41, 5.74) is 0.905. The number of amides is 1. The Morgan fingerprint density at radius 2 is 1.67 bits per heavy atom. The number of nitrogens with one attached hydrogen (secondary N) is 1. The van der Waals surface area contributed by atoms with Crippen molar-refractivity contribution >= 4 is 38.4 Å². The highest BCUT2D eigenvalue weighted by Gasteiger charge is 2.29. The second-order valence-electron chi connectivity index (χ2n) is 6.89. The fourth-order valence-corrected chi connectivity index (χ4v) is 4.35. The molecule has 1 aromatic heterocycles. The number of anilines is 1. The molecule has 1 aliphatic rings. The number of nitrogens with zero attached hydrogens (tertiary/aromatic N) is 1. The molecule has 30 heavy (non-hydrogen) atoms. The fraction of sp³-hybridized carbons (Fsp3) is 0.238. The van der Waals surface area contributed by atoms with E-state index in [1.807, 2.05) is 0 Å². The summed E-state index contributed by atoms with van der Waals surface area (Å²) in [6.45, 7) is 3.02. The zero-order chi connectivity index (χ0) is 21.3. The lowest BCUT2D eigenvalue weighted by atomic mass is 10.2. The van der Waals surface area contributed by atoms with Gasteiger partial charge in [0.25, 0.3) is 15.9 Å². The normalized spacial score (nSPS) is 14.6. The van der Waals surface area contributed by atoms with Gasteiger partial charge in [0.15, 0.2) is 5.78 Å². The minimum Gasteiger partial charge on any atom is -0.449 e. The summed E-state index contributed by atoms with van der Waals surface area (Å²) in [5.74, 6) is -0.632. The zero-order valence-electron chi connectivity index (χ0n) is 16.3. The molecule has 1 fully saturated rings. The van der Waals surface area contributed by atoms with Crippen LogP contribution in [-0.4, -0.2) is 51.3 Å². The SMILES string of the molecule is CC(=O)c1ccc(S(=O)(=O)Nc2c(C(=O)N3CCOCC3)oc3ccccc23)cc1. The largest absolute Gasteiger partial charge is 0.449 e. The average molecular weight is 428 g/mol. The first-order valence-electron chi connectivity index (χ1n) is 9.39. The van der Waals surface area contributed by atoms with Gasteiger partial charge < -0.3 is 14.1 Å². The van der Waals surface area contributed by atoms with Crippen molar-refractivity contribution < 1.29 is 27.2 Å². The third-order valence-corrected chi connectivity index (χ3v) is 6.26. The van der Waals surface area contributed by atoms with Crippen molar-refractivity contribution in [1.82, 2.24) is 4.90 Å². The maximum absolute atomic E-state index is 13.0. The van der Waals surface area contributed by atoms with E-state index in [1.165, 1.54) is 31.2 Å². The number of furan rings is 1. The number of rotatable bonds is 5. The molecule has 4 rings (SSSR count). The number of ketones is 1. The number of carbonyl (C=O) groups excluding carboxylic acids is 2. The van der Waals surface area contributed by atoms with Crippen LogP contribution in [0.4, 0.5) is 5.69 Å². The average Bonchev–Trinajstić information content (AvgIpc) is 3.12. The molecule has 2 aromatic carbocycles.